The molecule has 0 aromatic rings. The van der Waals surface area contributed by atoms with Gasteiger partial charge in [-0.2, -0.15) is 0 Å². The molecule has 0 saturated heterocycles. The third-order valence-corrected chi connectivity index (χ3v) is 4.52. The SMILES string of the molecule is NC(=O)C(CCN(CC1CC1)CC1CC1)NC1CC1. The number of hydrogen-bond donors (Lipinski definition) is 2. The first-order valence-electron chi connectivity index (χ1n) is 7.98. The molecule has 3 rings (SSSR count). The number of nitrogens with zero attached hydrogens (tertiary/aromatic N) is 1. The fourth-order valence-corrected chi connectivity index (χ4v) is 2.74. The van der Waals surface area contributed by atoms with Crippen LogP contribution in [0.1, 0.15) is 44.9 Å². The molecule has 19 heavy (non-hydrogen) atoms. The van der Waals surface area contributed by atoms with E-state index in [4.69, 9.17) is 5.73 Å². The Labute approximate surface area is 116 Å². The monoisotopic (exact) mass is 265 g/mol. The van der Waals surface area contributed by atoms with Crippen LogP contribution < -0.4 is 11.1 Å². The van der Waals surface area contributed by atoms with Crippen molar-refractivity contribution < 1.29 is 4.79 Å². The lowest BCUT2D eigenvalue weighted by Crippen LogP contribution is -2.45. The number of hydrogen-bond acceptors (Lipinski definition) is 3. The summed E-state index contributed by atoms with van der Waals surface area (Å²) in [6, 6.07) is 0.436. The molecule has 3 aliphatic carbocycles. The van der Waals surface area contributed by atoms with Crippen LogP contribution >= 0.6 is 0 Å². The summed E-state index contributed by atoms with van der Waals surface area (Å²) in [7, 11) is 0. The summed E-state index contributed by atoms with van der Waals surface area (Å²) in [6.07, 6.45) is 8.91. The summed E-state index contributed by atoms with van der Waals surface area (Å²) in [6.45, 7) is 3.51. The van der Waals surface area contributed by atoms with Crippen molar-refractivity contribution in [3.05, 3.63) is 0 Å². The highest BCUT2D eigenvalue weighted by molar-refractivity contribution is 5.79. The van der Waals surface area contributed by atoms with Gasteiger partial charge in [-0.25, -0.2) is 0 Å². The van der Waals surface area contributed by atoms with Gasteiger partial charge in [0.25, 0.3) is 0 Å². The van der Waals surface area contributed by atoms with E-state index < -0.39 is 0 Å². The van der Waals surface area contributed by atoms with Crippen LogP contribution in [0.25, 0.3) is 0 Å². The Kier molecular flexibility index (Phi) is 4.08. The maximum atomic E-state index is 11.5. The number of carbonyl (C=O) groups excluding carboxylic acids is 1. The summed E-state index contributed by atoms with van der Waals surface area (Å²) >= 11 is 0. The first-order chi connectivity index (χ1) is 9.20. The zero-order valence-corrected chi connectivity index (χ0v) is 11.8. The van der Waals surface area contributed by atoms with E-state index in [0.717, 1.165) is 24.8 Å². The summed E-state index contributed by atoms with van der Waals surface area (Å²) in [5.74, 6) is 1.69. The highest BCUT2D eigenvalue weighted by atomic mass is 16.1. The molecule has 0 aromatic heterocycles. The van der Waals surface area contributed by atoms with Crippen molar-refractivity contribution in [2.45, 2.75) is 57.0 Å². The van der Waals surface area contributed by atoms with Gasteiger partial charge >= 0.3 is 0 Å². The number of nitrogens with one attached hydrogen (secondary N) is 1. The predicted molar refractivity (Wildman–Crippen MR) is 75.6 cm³/mol. The van der Waals surface area contributed by atoms with E-state index in [1.165, 1.54) is 51.6 Å². The van der Waals surface area contributed by atoms with Crippen molar-refractivity contribution in [3.8, 4) is 0 Å². The van der Waals surface area contributed by atoms with E-state index in [1.54, 1.807) is 0 Å². The molecule has 0 bridgehead atoms. The van der Waals surface area contributed by atoms with Crippen molar-refractivity contribution in [1.29, 1.82) is 0 Å². The molecular weight excluding hydrogens is 238 g/mol. The van der Waals surface area contributed by atoms with Gasteiger partial charge in [-0.15, -0.1) is 0 Å². The second kappa shape index (κ2) is 5.80. The maximum absolute atomic E-state index is 11.5. The molecule has 4 heteroatoms. The Bertz CT molecular complexity index is 307. The third-order valence-electron chi connectivity index (χ3n) is 4.52. The van der Waals surface area contributed by atoms with Gasteiger partial charge < -0.3 is 16.0 Å². The molecule has 3 aliphatic rings. The molecule has 1 atom stereocenters. The van der Waals surface area contributed by atoms with E-state index >= 15 is 0 Å². The Hall–Kier alpha value is -0.610. The Morgan fingerprint density at radius 3 is 2.11 bits per heavy atom. The number of amides is 1. The molecule has 3 N–H and O–H groups in total. The summed E-state index contributed by atoms with van der Waals surface area (Å²) < 4.78 is 0. The second-order valence-electron chi connectivity index (χ2n) is 6.83. The zero-order chi connectivity index (χ0) is 13.2. The highest BCUT2D eigenvalue weighted by Gasteiger charge is 2.31. The lowest BCUT2D eigenvalue weighted by atomic mass is 10.1. The van der Waals surface area contributed by atoms with Crippen molar-refractivity contribution in [1.82, 2.24) is 10.2 Å². The quantitative estimate of drug-likeness (QED) is 0.622. The van der Waals surface area contributed by atoms with Crippen molar-refractivity contribution in [2.75, 3.05) is 19.6 Å². The van der Waals surface area contributed by atoms with Gasteiger partial charge in [0.15, 0.2) is 0 Å². The Balaban J connectivity index is 1.43. The lowest BCUT2D eigenvalue weighted by Gasteiger charge is -2.24. The molecular formula is C15H27N3O. The lowest BCUT2D eigenvalue weighted by molar-refractivity contribution is -0.120. The molecule has 0 spiro atoms. The van der Waals surface area contributed by atoms with Gasteiger partial charge in [-0.3, -0.25) is 4.79 Å². The van der Waals surface area contributed by atoms with Crippen molar-refractivity contribution in [3.63, 3.8) is 0 Å². The molecule has 0 heterocycles. The molecule has 0 aliphatic heterocycles. The van der Waals surface area contributed by atoms with Gasteiger partial charge in [0.05, 0.1) is 6.04 Å². The molecule has 0 radical (unpaired) electrons. The molecule has 108 valence electrons. The number of carbonyl (C=O) groups is 1. The average molecular weight is 265 g/mol. The van der Waals surface area contributed by atoms with Crippen LogP contribution in [0.5, 0.6) is 0 Å². The molecule has 0 aromatic carbocycles. The van der Waals surface area contributed by atoms with Gasteiger partial charge in [-0.1, -0.05) is 0 Å². The highest BCUT2D eigenvalue weighted by Crippen LogP contribution is 2.33. The number of nitrogens with two attached hydrogens (primary N) is 1. The van der Waals surface area contributed by atoms with Gasteiger partial charge in [0, 0.05) is 25.7 Å². The van der Waals surface area contributed by atoms with Crippen LogP contribution in [0.3, 0.4) is 0 Å². The molecule has 4 nitrogen and oxygen atoms in total. The maximum Gasteiger partial charge on any atom is 0.234 e. The van der Waals surface area contributed by atoms with Gasteiger partial charge in [-0.05, 0) is 56.8 Å². The first-order valence-corrected chi connectivity index (χ1v) is 7.98. The van der Waals surface area contributed by atoms with Crippen LogP contribution in [0, 0.1) is 11.8 Å². The van der Waals surface area contributed by atoms with E-state index in [-0.39, 0.29) is 11.9 Å². The molecule has 1 amide bonds. The molecule has 1 unspecified atom stereocenters. The largest absolute Gasteiger partial charge is 0.368 e. The molecule has 3 fully saturated rings. The summed E-state index contributed by atoms with van der Waals surface area (Å²) in [5, 5.41) is 3.38. The Morgan fingerprint density at radius 1 is 1.11 bits per heavy atom. The average Bonchev–Trinajstić information content (AvgIpc) is 3.22. The van der Waals surface area contributed by atoms with Crippen LogP contribution in [0.4, 0.5) is 0 Å². The van der Waals surface area contributed by atoms with Crippen molar-refractivity contribution >= 4 is 5.91 Å². The minimum Gasteiger partial charge on any atom is -0.368 e. The number of rotatable bonds is 10. The summed E-state index contributed by atoms with van der Waals surface area (Å²) in [4.78, 5) is 14.1. The predicted octanol–water partition coefficient (Wildman–Crippen LogP) is 1.10. The fraction of sp³-hybridized carbons (Fsp3) is 0.933. The Morgan fingerprint density at radius 2 is 1.68 bits per heavy atom. The van der Waals surface area contributed by atoms with E-state index in [1.807, 2.05) is 0 Å². The standard InChI is InChI=1S/C15H27N3O/c16-15(19)14(17-13-5-6-13)7-8-18(9-11-1-2-11)10-12-3-4-12/h11-14,17H,1-10H2,(H2,16,19). The normalized spacial score (nSPS) is 24.7. The van der Waals surface area contributed by atoms with Crippen molar-refractivity contribution in [2.24, 2.45) is 17.6 Å². The van der Waals surface area contributed by atoms with Crippen LogP contribution in [-0.4, -0.2) is 42.5 Å². The van der Waals surface area contributed by atoms with Gasteiger partial charge in [0.1, 0.15) is 0 Å². The van der Waals surface area contributed by atoms with Crippen LogP contribution in [0.2, 0.25) is 0 Å². The minimum absolute atomic E-state index is 0.117. The zero-order valence-electron chi connectivity index (χ0n) is 11.8. The van der Waals surface area contributed by atoms with Crippen LogP contribution in [-0.2, 0) is 4.79 Å². The first kappa shape index (κ1) is 13.4. The minimum atomic E-state index is -0.176. The number of primary amides is 1. The van der Waals surface area contributed by atoms with Crippen LogP contribution in [0.15, 0.2) is 0 Å². The molecule has 3 saturated carbocycles. The topological polar surface area (TPSA) is 58.4 Å². The summed E-state index contributed by atoms with van der Waals surface area (Å²) in [5.41, 5.74) is 5.51. The fourth-order valence-electron chi connectivity index (χ4n) is 2.74. The van der Waals surface area contributed by atoms with E-state index in [9.17, 15) is 4.79 Å². The third kappa shape index (κ3) is 4.77. The second-order valence-corrected chi connectivity index (χ2v) is 6.83. The van der Waals surface area contributed by atoms with E-state index in [0.29, 0.717) is 6.04 Å². The van der Waals surface area contributed by atoms with E-state index in [2.05, 4.69) is 10.2 Å². The van der Waals surface area contributed by atoms with Gasteiger partial charge in [0.2, 0.25) is 5.91 Å². The smallest absolute Gasteiger partial charge is 0.234 e.